The zero-order valence-corrected chi connectivity index (χ0v) is 9.04. The van der Waals surface area contributed by atoms with Gasteiger partial charge < -0.3 is 20.9 Å². The van der Waals surface area contributed by atoms with Gasteiger partial charge in [-0.1, -0.05) is 6.92 Å². The lowest BCUT2D eigenvalue weighted by molar-refractivity contribution is -0.125. The first-order valence-corrected chi connectivity index (χ1v) is 4.66. The van der Waals surface area contributed by atoms with Crippen molar-refractivity contribution in [1.82, 2.24) is 5.32 Å². The summed E-state index contributed by atoms with van der Waals surface area (Å²) in [6, 6.07) is -0.683. The van der Waals surface area contributed by atoms with Gasteiger partial charge in [0.05, 0.1) is 18.8 Å². The summed E-state index contributed by atoms with van der Waals surface area (Å²) >= 11 is 0. The van der Waals surface area contributed by atoms with E-state index in [2.05, 4.69) is 5.32 Å². The summed E-state index contributed by atoms with van der Waals surface area (Å²) < 4.78 is 4.76. The van der Waals surface area contributed by atoms with Gasteiger partial charge in [0.25, 0.3) is 0 Å². The van der Waals surface area contributed by atoms with Crippen molar-refractivity contribution in [3.8, 4) is 0 Å². The highest BCUT2D eigenvalue weighted by Gasteiger charge is 2.25. The molecule has 0 spiro atoms. The zero-order valence-electron chi connectivity index (χ0n) is 9.04. The molecule has 0 heterocycles. The van der Waals surface area contributed by atoms with E-state index < -0.39 is 11.6 Å². The molecule has 0 rings (SSSR count). The van der Waals surface area contributed by atoms with Crippen LogP contribution < -0.4 is 11.1 Å². The smallest absolute Gasteiger partial charge is 0.239 e. The van der Waals surface area contributed by atoms with Crippen LogP contribution in [0.3, 0.4) is 0 Å². The number of amides is 1. The van der Waals surface area contributed by atoms with Crippen LogP contribution in [0, 0.1) is 0 Å². The number of ether oxygens (including phenoxy) is 1. The van der Waals surface area contributed by atoms with Gasteiger partial charge in [0.15, 0.2) is 0 Å². The first-order valence-electron chi connectivity index (χ1n) is 4.66. The van der Waals surface area contributed by atoms with Gasteiger partial charge in [-0.25, -0.2) is 0 Å². The number of carbonyl (C=O) groups is 1. The van der Waals surface area contributed by atoms with Crippen LogP contribution in [0.2, 0.25) is 0 Å². The van der Waals surface area contributed by atoms with Crippen molar-refractivity contribution < 1.29 is 14.6 Å². The lowest BCUT2D eigenvalue weighted by Gasteiger charge is -2.28. The summed E-state index contributed by atoms with van der Waals surface area (Å²) in [4.78, 5) is 11.4. The zero-order chi connectivity index (χ0) is 11.2. The molecule has 0 saturated carbocycles. The number of methoxy groups -OCH3 is 1. The molecule has 5 nitrogen and oxygen atoms in total. The van der Waals surface area contributed by atoms with E-state index in [1.807, 2.05) is 6.92 Å². The van der Waals surface area contributed by atoms with Gasteiger partial charge >= 0.3 is 0 Å². The summed E-state index contributed by atoms with van der Waals surface area (Å²) in [5, 5.41) is 11.7. The molecule has 0 fully saturated rings. The fourth-order valence-corrected chi connectivity index (χ4v) is 0.885. The fourth-order valence-electron chi connectivity index (χ4n) is 0.885. The normalized spacial score (nSPS) is 17.2. The number of carbonyl (C=O) groups excluding carboxylic acids is 1. The van der Waals surface area contributed by atoms with Crippen LogP contribution in [-0.4, -0.2) is 42.9 Å². The monoisotopic (exact) mass is 204 g/mol. The Balaban J connectivity index is 4.15. The number of aliphatic hydroxyl groups is 1. The van der Waals surface area contributed by atoms with Gasteiger partial charge in [0.2, 0.25) is 5.91 Å². The Morgan fingerprint density at radius 1 is 1.71 bits per heavy atom. The minimum Gasteiger partial charge on any atom is -0.394 e. The van der Waals surface area contributed by atoms with E-state index in [1.54, 1.807) is 6.92 Å². The van der Waals surface area contributed by atoms with Gasteiger partial charge in [-0.3, -0.25) is 4.79 Å². The third kappa shape index (κ3) is 4.04. The summed E-state index contributed by atoms with van der Waals surface area (Å²) in [6.45, 7) is 3.73. The lowest BCUT2D eigenvalue weighted by Crippen LogP contribution is -2.54. The summed E-state index contributed by atoms with van der Waals surface area (Å²) in [6.07, 6.45) is 0.648. The van der Waals surface area contributed by atoms with E-state index in [9.17, 15) is 4.79 Å². The predicted octanol–water partition coefficient (Wildman–Crippen LogP) is -0.763. The average Bonchev–Trinajstić information content (AvgIpc) is 2.18. The molecule has 2 atom stereocenters. The molecule has 1 amide bonds. The predicted molar refractivity (Wildman–Crippen MR) is 53.8 cm³/mol. The number of rotatable bonds is 6. The molecule has 0 radical (unpaired) electrons. The van der Waals surface area contributed by atoms with Gasteiger partial charge in [0, 0.05) is 7.11 Å². The number of aliphatic hydroxyl groups excluding tert-OH is 1. The van der Waals surface area contributed by atoms with E-state index in [0.717, 1.165) is 0 Å². The lowest BCUT2D eigenvalue weighted by atomic mass is 10.00. The minimum atomic E-state index is -0.683. The van der Waals surface area contributed by atoms with Crippen LogP contribution in [0.1, 0.15) is 20.3 Å². The molecule has 2 unspecified atom stereocenters. The van der Waals surface area contributed by atoms with Crippen molar-refractivity contribution in [3.05, 3.63) is 0 Å². The van der Waals surface area contributed by atoms with Gasteiger partial charge in [-0.15, -0.1) is 0 Å². The maximum Gasteiger partial charge on any atom is 0.239 e. The van der Waals surface area contributed by atoms with Gasteiger partial charge in [-0.05, 0) is 13.3 Å². The Bertz CT molecular complexity index is 181. The molecule has 14 heavy (non-hydrogen) atoms. The molecule has 0 bridgehead atoms. The molecule has 0 aromatic rings. The highest BCUT2D eigenvalue weighted by molar-refractivity contribution is 5.82. The Kier molecular flexibility index (Phi) is 5.68. The van der Waals surface area contributed by atoms with Crippen molar-refractivity contribution in [2.45, 2.75) is 31.8 Å². The quantitative estimate of drug-likeness (QED) is 0.531. The van der Waals surface area contributed by atoms with Crippen LogP contribution >= 0.6 is 0 Å². The van der Waals surface area contributed by atoms with E-state index in [-0.39, 0.29) is 19.1 Å². The van der Waals surface area contributed by atoms with Gasteiger partial charge in [-0.2, -0.15) is 0 Å². The van der Waals surface area contributed by atoms with Gasteiger partial charge in [0.1, 0.15) is 6.04 Å². The van der Waals surface area contributed by atoms with Crippen molar-refractivity contribution in [1.29, 1.82) is 0 Å². The van der Waals surface area contributed by atoms with E-state index in [1.165, 1.54) is 7.11 Å². The molecular formula is C9H20N2O3. The summed E-state index contributed by atoms with van der Waals surface area (Å²) in [5.41, 5.74) is 4.93. The summed E-state index contributed by atoms with van der Waals surface area (Å²) in [7, 11) is 1.48. The maximum atomic E-state index is 11.4. The van der Waals surface area contributed by atoms with Crippen molar-refractivity contribution in [3.63, 3.8) is 0 Å². The summed E-state index contributed by atoms with van der Waals surface area (Å²) in [5.74, 6) is -0.301. The molecule has 5 heteroatoms. The Hall–Kier alpha value is -0.650. The van der Waals surface area contributed by atoms with Crippen LogP contribution in [0.15, 0.2) is 0 Å². The number of nitrogens with one attached hydrogen (secondary N) is 1. The molecule has 4 N–H and O–H groups in total. The second-order valence-electron chi connectivity index (χ2n) is 3.62. The highest BCUT2D eigenvalue weighted by atomic mass is 16.5. The largest absolute Gasteiger partial charge is 0.394 e. The highest BCUT2D eigenvalue weighted by Crippen LogP contribution is 2.07. The number of hydrogen-bond acceptors (Lipinski definition) is 4. The van der Waals surface area contributed by atoms with E-state index in [0.29, 0.717) is 6.42 Å². The average molecular weight is 204 g/mol. The SMILES string of the molecule is CCC(C)(CO)NC(=O)C(N)COC. The molecule has 0 aromatic heterocycles. The molecule has 0 aliphatic heterocycles. The maximum absolute atomic E-state index is 11.4. The first kappa shape index (κ1) is 13.4. The standard InChI is InChI=1S/C9H20N2O3/c1-4-9(2,6-12)11-8(13)7(10)5-14-3/h7,12H,4-6,10H2,1-3H3,(H,11,13). The molecule has 0 aliphatic carbocycles. The number of hydrogen-bond donors (Lipinski definition) is 3. The van der Waals surface area contributed by atoms with Crippen LogP contribution in [-0.2, 0) is 9.53 Å². The Morgan fingerprint density at radius 2 is 2.29 bits per heavy atom. The van der Waals surface area contributed by atoms with E-state index in [4.69, 9.17) is 15.6 Å². The first-order chi connectivity index (χ1) is 6.49. The van der Waals surface area contributed by atoms with Crippen LogP contribution in [0.25, 0.3) is 0 Å². The third-order valence-electron chi connectivity index (χ3n) is 2.24. The Morgan fingerprint density at radius 3 is 2.64 bits per heavy atom. The third-order valence-corrected chi connectivity index (χ3v) is 2.24. The second-order valence-corrected chi connectivity index (χ2v) is 3.62. The minimum absolute atomic E-state index is 0.102. The van der Waals surface area contributed by atoms with Crippen molar-refractivity contribution in [2.24, 2.45) is 5.73 Å². The van der Waals surface area contributed by atoms with Crippen LogP contribution in [0.5, 0.6) is 0 Å². The van der Waals surface area contributed by atoms with Crippen molar-refractivity contribution in [2.75, 3.05) is 20.3 Å². The topological polar surface area (TPSA) is 84.6 Å². The van der Waals surface area contributed by atoms with Crippen LogP contribution in [0.4, 0.5) is 0 Å². The number of nitrogens with two attached hydrogens (primary N) is 1. The van der Waals surface area contributed by atoms with E-state index >= 15 is 0 Å². The second kappa shape index (κ2) is 5.95. The Labute approximate surface area is 84.6 Å². The molecular weight excluding hydrogens is 184 g/mol. The molecule has 0 aromatic carbocycles. The van der Waals surface area contributed by atoms with Crippen molar-refractivity contribution >= 4 is 5.91 Å². The molecule has 0 saturated heterocycles. The molecule has 84 valence electrons. The molecule has 0 aliphatic rings. The fraction of sp³-hybridized carbons (Fsp3) is 0.889.